The lowest BCUT2D eigenvalue weighted by molar-refractivity contribution is 0.248. The molecule has 26 heavy (non-hydrogen) atoms. The molecule has 3 rings (SSSR count). The fraction of sp³-hybridized carbons (Fsp3) is 0.133. The van der Waals surface area contributed by atoms with Gasteiger partial charge in [-0.2, -0.15) is 9.78 Å². The van der Waals surface area contributed by atoms with Gasteiger partial charge in [-0.05, 0) is 19.1 Å². The normalized spacial score (nSPS) is 11.8. The lowest BCUT2D eigenvalue weighted by atomic mass is 10.3. The van der Waals surface area contributed by atoms with Crippen molar-refractivity contribution in [1.29, 1.82) is 0 Å². The van der Waals surface area contributed by atoms with Crippen LogP contribution in [-0.2, 0) is 0 Å². The van der Waals surface area contributed by atoms with Gasteiger partial charge in [0, 0.05) is 18.5 Å². The Hall–Kier alpha value is -2.91. The van der Waals surface area contributed by atoms with Gasteiger partial charge in [0.2, 0.25) is 0 Å². The van der Waals surface area contributed by atoms with Gasteiger partial charge in [-0.1, -0.05) is 23.2 Å². The first-order valence-electron chi connectivity index (χ1n) is 7.38. The molecule has 11 heteroatoms. The average molecular weight is 394 g/mol. The predicted octanol–water partition coefficient (Wildman–Crippen LogP) is 2.95. The summed E-state index contributed by atoms with van der Waals surface area (Å²) in [5.74, 6) is 0.580. The molecule has 0 bridgehead atoms. The van der Waals surface area contributed by atoms with Crippen molar-refractivity contribution in [3.63, 3.8) is 0 Å². The van der Waals surface area contributed by atoms with Crippen LogP contribution in [0.5, 0.6) is 5.75 Å². The van der Waals surface area contributed by atoms with Gasteiger partial charge in [0.1, 0.15) is 12.1 Å². The topological polar surface area (TPSA) is 118 Å². The number of anilines is 1. The summed E-state index contributed by atoms with van der Waals surface area (Å²) in [6.45, 7) is 1.73. The Morgan fingerprint density at radius 3 is 2.65 bits per heavy atom. The molecule has 134 valence electrons. The SMILES string of the molecule is CC(NC(=O)Nc1cc(O)c(Cl)cc1Cl)c1ncnn1-c1ncccn1. The van der Waals surface area contributed by atoms with Crippen molar-refractivity contribution in [1.82, 2.24) is 30.0 Å². The van der Waals surface area contributed by atoms with Crippen LogP contribution in [0.25, 0.3) is 5.95 Å². The number of nitrogens with one attached hydrogen (secondary N) is 2. The first kappa shape index (κ1) is 17.9. The van der Waals surface area contributed by atoms with Gasteiger partial charge >= 0.3 is 6.03 Å². The Bertz CT molecular complexity index is 933. The van der Waals surface area contributed by atoms with Gasteiger partial charge in [-0.15, -0.1) is 0 Å². The number of carbonyl (C=O) groups excluding carboxylic acids is 1. The Labute approximate surface area is 158 Å². The Morgan fingerprint density at radius 1 is 1.19 bits per heavy atom. The van der Waals surface area contributed by atoms with Crippen molar-refractivity contribution in [2.75, 3.05) is 5.32 Å². The van der Waals surface area contributed by atoms with Gasteiger partial charge in [0.25, 0.3) is 5.95 Å². The molecule has 0 spiro atoms. The molecule has 0 aliphatic heterocycles. The minimum absolute atomic E-state index is 0.0882. The maximum atomic E-state index is 12.2. The van der Waals surface area contributed by atoms with Crippen LogP contribution in [-0.4, -0.2) is 35.9 Å². The molecule has 0 saturated heterocycles. The van der Waals surface area contributed by atoms with Gasteiger partial charge < -0.3 is 15.7 Å². The monoisotopic (exact) mass is 393 g/mol. The number of aromatic hydroxyl groups is 1. The zero-order valence-corrected chi connectivity index (χ0v) is 14.9. The second-order valence-electron chi connectivity index (χ2n) is 5.18. The van der Waals surface area contributed by atoms with Crippen LogP contribution < -0.4 is 10.6 Å². The summed E-state index contributed by atoms with van der Waals surface area (Å²) in [6, 6.07) is 3.21. The molecule has 3 N–H and O–H groups in total. The van der Waals surface area contributed by atoms with Crippen LogP contribution in [0.4, 0.5) is 10.5 Å². The van der Waals surface area contributed by atoms with E-state index in [9.17, 15) is 9.90 Å². The highest BCUT2D eigenvalue weighted by atomic mass is 35.5. The molecular weight excluding hydrogens is 381 g/mol. The molecule has 1 atom stereocenters. The van der Waals surface area contributed by atoms with E-state index in [1.807, 2.05) is 0 Å². The van der Waals surface area contributed by atoms with E-state index in [0.717, 1.165) is 0 Å². The summed E-state index contributed by atoms with van der Waals surface area (Å²) >= 11 is 11.8. The van der Waals surface area contributed by atoms with Gasteiger partial charge in [0.05, 0.1) is 21.8 Å². The standard InChI is InChI=1S/C15H13Cl2N7O2/c1-8(13-20-7-21-24(13)14-18-3-2-4-19-14)22-15(26)23-11-6-12(25)10(17)5-9(11)16/h2-8,25H,1H3,(H2,22,23,26). The molecule has 9 nitrogen and oxygen atoms in total. The molecule has 3 aromatic rings. The van der Waals surface area contributed by atoms with E-state index in [2.05, 4.69) is 30.7 Å². The van der Waals surface area contributed by atoms with Crippen LogP contribution in [0.2, 0.25) is 10.0 Å². The maximum absolute atomic E-state index is 12.2. The number of benzene rings is 1. The first-order chi connectivity index (χ1) is 12.5. The van der Waals surface area contributed by atoms with Crippen molar-refractivity contribution in [2.24, 2.45) is 0 Å². The van der Waals surface area contributed by atoms with Gasteiger partial charge in [0.15, 0.2) is 5.82 Å². The van der Waals surface area contributed by atoms with E-state index in [1.54, 1.807) is 25.4 Å². The first-order valence-corrected chi connectivity index (χ1v) is 8.14. The number of urea groups is 1. The van der Waals surface area contributed by atoms with E-state index in [0.29, 0.717) is 11.8 Å². The van der Waals surface area contributed by atoms with Crippen molar-refractivity contribution < 1.29 is 9.90 Å². The van der Waals surface area contributed by atoms with Crippen molar-refractivity contribution in [2.45, 2.75) is 13.0 Å². The van der Waals surface area contributed by atoms with Crippen molar-refractivity contribution in [3.8, 4) is 11.7 Å². The van der Waals surface area contributed by atoms with Crippen LogP contribution in [0, 0.1) is 0 Å². The van der Waals surface area contributed by atoms with Crippen LogP contribution in [0.15, 0.2) is 36.9 Å². The van der Waals surface area contributed by atoms with E-state index in [-0.39, 0.29) is 21.5 Å². The third kappa shape index (κ3) is 3.84. The number of carbonyl (C=O) groups is 1. The van der Waals surface area contributed by atoms with Crippen LogP contribution >= 0.6 is 23.2 Å². The summed E-state index contributed by atoms with van der Waals surface area (Å²) in [6.07, 6.45) is 4.50. The molecule has 0 radical (unpaired) electrons. The summed E-state index contributed by atoms with van der Waals surface area (Å²) < 4.78 is 1.42. The summed E-state index contributed by atoms with van der Waals surface area (Å²) in [7, 11) is 0. The summed E-state index contributed by atoms with van der Waals surface area (Å²) in [5, 5.41) is 19.2. The minimum Gasteiger partial charge on any atom is -0.506 e. The van der Waals surface area contributed by atoms with E-state index in [4.69, 9.17) is 23.2 Å². The van der Waals surface area contributed by atoms with E-state index in [1.165, 1.54) is 23.1 Å². The number of hydrogen-bond donors (Lipinski definition) is 3. The molecular formula is C15H13Cl2N7O2. The second-order valence-corrected chi connectivity index (χ2v) is 6.00. The number of amides is 2. The molecule has 2 aromatic heterocycles. The minimum atomic E-state index is -0.551. The fourth-order valence-electron chi connectivity index (χ4n) is 2.15. The Balaban J connectivity index is 1.73. The van der Waals surface area contributed by atoms with Gasteiger partial charge in [-0.25, -0.2) is 19.7 Å². The number of nitrogens with zero attached hydrogens (tertiary/aromatic N) is 5. The lowest BCUT2D eigenvalue weighted by Crippen LogP contribution is -2.32. The van der Waals surface area contributed by atoms with Crippen molar-refractivity contribution in [3.05, 3.63) is 52.8 Å². The molecule has 1 unspecified atom stereocenters. The molecule has 0 saturated carbocycles. The number of rotatable bonds is 4. The lowest BCUT2D eigenvalue weighted by Gasteiger charge is -2.15. The quantitative estimate of drug-likeness (QED) is 0.626. The predicted molar refractivity (Wildman–Crippen MR) is 95.6 cm³/mol. The maximum Gasteiger partial charge on any atom is 0.319 e. The summed E-state index contributed by atoms with van der Waals surface area (Å²) in [4.78, 5) is 24.6. The third-order valence-corrected chi connectivity index (χ3v) is 3.95. The highest BCUT2D eigenvalue weighted by molar-refractivity contribution is 6.37. The van der Waals surface area contributed by atoms with Crippen LogP contribution in [0.3, 0.4) is 0 Å². The van der Waals surface area contributed by atoms with Crippen LogP contribution in [0.1, 0.15) is 18.8 Å². The van der Waals surface area contributed by atoms with Gasteiger partial charge in [-0.3, -0.25) is 0 Å². The molecule has 0 aliphatic rings. The largest absolute Gasteiger partial charge is 0.506 e. The molecule has 2 amide bonds. The molecule has 2 heterocycles. The highest BCUT2D eigenvalue weighted by Crippen LogP contribution is 2.33. The number of halogens is 2. The summed E-state index contributed by atoms with van der Waals surface area (Å²) in [5.41, 5.74) is 0.214. The molecule has 0 aliphatic carbocycles. The van der Waals surface area contributed by atoms with E-state index >= 15 is 0 Å². The van der Waals surface area contributed by atoms with E-state index < -0.39 is 12.1 Å². The smallest absolute Gasteiger partial charge is 0.319 e. The number of phenols is 1. The molecule has 0 fully saturated rings. The number of hydrogen-bond acceptors (Lipinski definition) is 6. The van der Waals surface area contributed by atoms with Crippen molar-refractivity contribution >= 4 is 34.9 Å². The number of aromatic nitrogens is 5. The Morgan fingerprint density at radius 2 is 1.92 bits per heavy atom. The Kier molecular flexibility index (Phi) is 5.19. The third-order valence-electron chi connectivity index (χ3n) is 3.34. The fourth-order valence-corrected chi connectivity index (χ4v) is 2.58. The highest BCUT2D eigenvalue weighted by Gasteiger charge is 2.18. The zero-order valence-electron chi connectivity index (χ0n) is 13.4. The number of phenolic OH excluding ortho intramolecular Hbond substituents is 1. The zero-order chi connectivity index (χ0) is 18.7. The average Bonchev–Trinajstić information content (AvgIpc) is 3.10. The molecule has 1 aromatic carbocycles. The second kappa shape index (κ2) is 7.54.